The Hall–Kier alpha value is -2.35. The van der Waals surface area contributed by atoms with Crippen molar-refractivity contribution in [3.8, 4) is 5.75 Å². The topological polar surface area (TPSA) is 82.1 Å². The molecule has 2 aromatic carbocycles. The van der Waals surface area contributed by atoms with E-state index in [-0.39, 0.29) is 16.1 Å². The van der Waals surface area contributed by atoms with Crippen molar-refractivity contribution >= 4 is 22.8 Å². The Balaban J connectivity index is 1.48. The molecule has 4 fully saturated rings. The summed E-state index contributed by atoms with van der Waals surface area (Å²) in [5, 5.41) is 9.26. The third-order valence-corrected chi connectivity index (χ3v) is 8.86. The number of carboxylic acids is 1. The molecule has 0 saturated heterocycles. The van der Waals surface area contributed by atoms with E-state index in [1.807, 2.05) is 13.0 Å². The molecule has 4 bridgehead atoms. The van der Waals surface area contributed by atoms with E-state index in [0.717, 1.165) is 54.3 Å². The SMILES string of the molecule is CCOC(OC)Oc1cc(C(=O)Sc2ccccc2C(=O)O)ccc1C12CC3CC(CC(C3)C1)C2. The number of thioether (sulfide) groups is 1. The summed E-state index contributed by atoms with van der Waals surface area (Å²) in [6.07, 6.45) is 7.50. The highest BCUT2D eigenvalue weighted by atomic mass is 32.2. The van der Waals surface area contributed by atoms with Gasteiger partial charge >= 0.3 is 12.4 Å². The third-order valence-electron chi connectivity index (χ3n) is 7.87. The second-order valence-corrected chi connectivity index (χ2v) is 11.2. The number of carbonyl (C=O) groups is 2. The van der Waals surface area contributed by atoms with Crippen LogP contribution in [0.1, 0.15) is 71.7 Å². The summed E-state index contributed by atoms with van der Waals surface area (Å²) in [4.78, 5) is 25.2. The molecule has 6 nitrogen and oxygen atoms in total. The Kier molecular flexibility index (Phi) is 6.93. The molecular weight excluding hydrogens is 464 g/mol. The molecule has 0 heterocycles. The largest absolute Gasteiger partial charge is 0.478 e. The number of benzene rings is 2. The Morgan fingerprint density at radius 1 is 1.06 bits per heavy atom. The van der Waals surface area contributed by atoms with Crippen molar-refractivity contribution in [2.24, 2.45) is 17.8 Å². The van der Waals surface area contributed by atoms with Gasteiger partial charge in [0.15, 0.2) is 0 Å². The third kappa shape index (κ3) is 4.86. The summed E-state index contributed by atoms with van der Waals surface area (Å²) in [5.74, 6) is 1.88. The van der Waals surface area contributed by atoms with E-state index in [1.54, 1.807) is 31.4 Å². The van der Waals surface area contributed by atoms with Crippen LogP contribution in [0.3, 0.4) is 0 Å². The van der Waals surface area contributed by atoms with E-state index >= 15 is 0 Å². The quantitative estimate of drug-likeness (QED) is 0.330. The van der Waals surface area contributed by atoms with Crippen molar-refractivity contribution in [3.63, 3.8) is 0 Å². The number of carbonyl (C=O) groups excluding carboxylic acids is 1. The zero-order chi connectivity index (χ0) is 24.6. The lowest BCUT2D eigenvalue weighted by atomic mass is 9.48. The van der Waals surface area contributed by atoms with Gasteiger partial charge in [-0.3, -0.25) is 4.79 Å². The van der Waals surface area contributed by atoms with Gasteiger partial charge in [-0.15, -0.1) is 0 Å². The van der Waals surface area contributed by atoms with Crippen LogP contribution in [0.5, 0.6) is 5.75 Å². The molecule has 0 spiro atoms. The Morgan fingerprint density at radius 3 is 2.31 bits per heavy atom. The van der Waals surface area contributed by atoms with Crippen molar-refractivity contribution in [2.45, 2.75) is 62.2 Å². The van der Waals surface area contributed by atoms with Gasteiger partial charge in [-0.1, -0.05) is 18.2 Å². The molecule has 2 aromatic rings. The number of hydrogen-bond acceptors (Lipinski definition) is 6. The fraction of sp³-hybridized carbons (Fsp3) is 0.500. The van der Waals surface area contributed by atoms with Gasteiger partial charge in [0, 0.05) is 23.1 Å². The first-order valence-corrected chi connectivity index (χ1v) is 13.2. The average molecular weight is 497 g/mol. The van der Waals surface area contributed by atoms with Crippen LogP contribution in [0.4, 0.5) is 0 Å². The predicted molar refractivity (Wildman–Crippen MR) is 133 cm³/mol. The van der Waals surface area contributed by atoms with Gasteiger partial charge in [0.25, 0.3) is 0 Å². The molecule has 1 unspecified atom stereocenters. The maximum atomic E-state index is 13.2. The molecule has 4 saturated carbocycles. The summed E-state index contributed by atoms with van der Waals surface area (Å²) in [6, 6.07) is 12.3. The number of ether oxygens (including phenoxy) is 3. The number of methoxy groups -OCH3 is 1. The van der Waals surface area contributed by atoms with Crippen molar-refractivity contribution in [2.75, 3.05) is 13.7 Å². The van der Waals surface area contributed by atoms with Crippen LogP contribution in [0.25, 0.3) is 0 Å². The van der Waals surface area contributed by atoms with Crippen LogP contribution in [0.2, 0.25) is 0 Å². The van der Waals surface area contributed by atoms with Crippen LogP contribution in [0.15, 0.2) is 47.4 Å². The fourth-order valence-corrected chi connectivity index (χ4v) is 7.76. The van der Waals surface area contributed by atoms with Gasteiger partial charge in [-0.05, 0) is 105 Å². The summed E-state index contributed by atoms with van der Waals surface area (Å²) in [6.45, 7) is 1.45. The summed E-state index contributed by atoms with van der Waals surface area (Å²) in [5.41, 5.74) is 1.79. The van der Waals surface area contributed by atoms with Crippen molar-refractivity contribution in [1.29, 1.82) is 0 Å². The molecule has 0 amide bonds. The number of rotatable bonds is 9. The maximum Gasteiger partial charge on any atom is 0.336 e. The lowest BCUT2D eigenvalue weighted by Gasteiger charge is -2.57. The molecule has 4 aliphatic rings. The summed E-state index contributed by atoms with van der Waals surface area (Å²) in [7, 11) is 1.54. The molecule has 4 aliphatic carbocycles. The van der Waals surface area contributed by atoms with Crippen LogP contribution in [-0.4, -0.2) is 36.4 Å². The molecule has 0 aromatic heterocycles. The van der Waals surface area contributed by atoms with Crippen LogP contribution >= 0.6 is 11.8 Å². The second kappa shape index (κ2) is 9.96. The molecule has 0 aliphatic heterocycles. The second-order valence-electron chi connectivity index (χ2n) is 10.2. The average Bonchev–Trinajstić information content (AvgIpc) is 2.83. The minimum atomic E-state index is -1.05. The normalized spacial score (nSPS) is 27.5. The minimum Gasteiger partial charge on any atom is -0.478 e. The zero-order valence-electron chi connectivity index (χ0n) is 20.2. The van der Waals surface area contributed by atoms with E-state index in [1.165, 1.54) is 25.3 Å². The van der Waals surface area contributed by atoms with Gasteiger partial charge in [0.1, 0.15) is 5.75 Å². The molecular formula is C28H32O6S. The minimum absolute atomic E-state index is 0.0687. The molecule has 7 heteroatoms. The molecule has 6 rings (SSSR count). The van der Waals surface area contributed by atoms with Gasteiger partial charge < -0.3 is 19.3 Å². The smallest absolute Gasteiger partial charge is 0.336 e. The monoisotopic (exact) mass is 496 g/mol. The molecule has 1 N–H and O–H groups in total. The van der Waals surface area contributed by atoms with E-state index in [2.05, 4.69) is 6.07 Å². The first-order valence-electron chi connectivity index (χ1n) is 12.4. The lowest BCUT2D eigenvalue weighted by molar-refractivity contribution is -0.231. The summed E-state index contributed by atoms with van der Waals surface area (Å²) < 4.78 is 17.2. The maximum absolute atomic E-state index is 13.2. The lowest BCUT2D eigenvalue weighted by Crippen LogP contribution is -2.48. The molecule has 35 heavy (non-hydrogen) atoms. The molecule has 1 atom stereocenters. The van der Waals surface area contributed by atoms with E-state index in [4.69, 9.17) is 14.2 Å². The van der Waals surface area contributed by atoms with Crippen LogP contribution in [0, 0.1) is 17.8 Å². The van der Waals surface area contributed by atoms with E-state index in [9.17, 15) is 14.7 Å². The van der Waals surface area contributed by atoms with E-state index < -0.39 is 12.4 Å². The predicted octanol–water partition coefficient (Wildman–Crippen LogP) is 6.13. The Labute approximate surface area is 210 Å². The molecule has 186 valence electrons. The Bertz CT molecular complexity index is 1080. The van der Waals surface area contributed by atoms with E-state index in [0.29, 0.717) is 22.8 Å². The fourth-order valence-electron chi connectivity index (χ4n) is 6.91. The van der Waals surface area contributed by atoms with Crippen molar-refractivity contribution in [1.82, 2.24) is 0 Å². The van der Waals surface area contributed by atoms with Crippen LogP contribution in [-0.2, 0) is 14.9 Å². The Morgan fingerprint density at radius 2 is 1.71 bits per heavy atom. The number of hydrogen-bond donors (Lipinski definition) is 1. The highest BCUT2D eigenvalue weighted by Gasteiger charge is 2.52. The van der Waals surface area contributed by atoms with Crippen molar-refractivity contribution < 1.29 is 28.9 Å². The first-order chi connectivity index (χ1) is 16.9. The van der Waals surface area contributed by atoms with Gasteiger partial charge in [0.05, 0.1) is 12.2 Å². The highest BCUT2D eigenvalue weighted by Crippen LogP contribution is 2.62. The summed E-state index contributed by atoms with van der Waals surface area (Å²) >= 11 is 0.923. The van der Waals surface area contributed by atoms with Crippen LogP contribution < -0.4 is 4.74 Å². The van der Waals surface area contributed by atoms with Gasteiger partial charge in [0.2, 0.25) is 5.12 Å². The number of carboxylic acid groups (broad SMARTS) is 1. The number of aromatic carboxylic acids is 1. The molecule has 0 radical (unpaired) electrons. The highest BCUT2D eigenvalue weighted by molar-refractivity contribution is 8.14. The van der Waals surface area contributed by atoms with Crippen molar-refractivity contribution in [3.05, 3.63) is 59.2 Å². The van der Waals surface area contributed by atoms with Gasteiger partial charge in [-0.2, -0.15) is 0 Å². The first kappa shape index (κ1) is 24.3. The zero-order valence-corrected chi connectivity index (χ0v) is 21.0. The standard InChI is InChI=1S/C28H32O6S/c1-3-33-27(32-2)34-23-13-20(26(31)35-24-7-5-4-6-21(24)25(29)30)8-9-22(23)28-14-17-10-18(15-28)12-19(11-17)16-28/h4-9,13,17-19,27H,3,10-12,14-16H2,1-2H3,(H,29,30). The van der Waals surface area contributed by atoms with Gasteiger partial charge in [-0.25, -0.2) is 4.79 Å².